The smallest absolute Gasteiger partial charge is 0.133 e. The van der Waals surface area contributed by atoms with Gasteiger partial charge in [-0.05, 0) is 61.2 Å². The van der Waals surface area contributed by atoms with Crippen LogP contribution < -0.4 is 4.74 Å². The van der Waals surface area contributed by atoms with E-state index >= 15 is 0 Å². The summed E-state index contributed by atoms with van der Waals surface area (Å²) < 4.78 is 5.92. The molecule has 1 N–H and O–H groups in total. The molecule has 3 nitrogen and oxygen atoms in total. The quantitative estimate of drug-likeness (QED) is 0.903. The van der Waals surface area contributed by atoms with Crippen LogP contribution in [0, 0.1) is 25.2 Å². The van der Waals surface area contributed by atoms with Crippen molar-refractivity contribution in [2.24, 2.45) is 0 Å². The Balaban J connectivity index is 2.25. The molecule has 2 aromatic rings. The molecule has 0 aliphatic rings. The summed E-state index contributed by atoms with van der Waals surface area (Å²) in [5.74, 6) is 1.50. The lowest BCUT2D eigenvalue weighted by molar-refractivity contribution is 0.173. The fourth-order valence-electron chi connectivity index (χ4n) is 2.29. The average molecular weight is 281 g/mol. The molecule has 2 aromatic carbocycles. The Labute approximate surface area is 125 Å². The first-order valence-electron chi connectivity index (χ1n) is 7.02. The first kappa shape index (κ1) is 15.1. The van der Waals surface area contributed by atoms with Crippen LogP contribution >= 0.6 is 0 Å². The number of nitriles is 1. The lowest BCUT2D eigenvalue weighted by Crippen LogP contribution is -1.96. The van der Waals surface area contributed by atoms with Gasteiger partial charge in [0.15, 0.2) is 0 Å². The van der Waals surface area contributed by atoms with Crippen molar-refractivity contribution in [3.63, 3.8) is 0 Å². The minimum Gasteiger partial charge on any atom is -0.457 e. The summed E-state index contributed by atoms with van der Waals surface area (Å²) in [5, 5.41) is 18.7. The van der Waals surface area contributed by atoms with Gasteiger partial charge in [0.05, 0.1) is 17.7 Å². The molecule has 0 saturated carbocycles. The van der Waals surface area contributed by atoms with Gasteiger partial charge in [-0.25, -0.2) is 0 Å². The largest absolute Gasteiger partial charge is 0.457 e. The Morgan fingerprint density at radius 2 is 1.71 bits per heavy atom. The summed E-state index contributed by atoms with van der Waals surface area (Å²) in [6, 6.07) is 13.2. The highest BCUT2D eigenvalue weighted by Crippen LogP contribution is 2.30. The van der Waals surface area contributed by atoms with Crippen LogP contribution in [0.25, 0.3) is 0 Å². The molecule has 0 spiro atoms. The van der Waals surface area contributed by atoms with Crippen molar-refractivity contribution >= 4 is 0 Å². The van der Waals surface area contributed by atoms with Gasteiger partial charge in [-0.15, -0.1) is 0 Å². The molecule has 0 saturated heterocycles. The minimum absolute atomic E-state index is 0.433. The topological polar surface area (TPSA) is 53.2 Å². The first-order chi connectivity index (χ1) is 10.0. The number of aliphatic hydroxyl groups excluding tert-OH is 1. The lowest BCUT2D eigenvalue weighted by Gasteiger charge is -2.13. The summed E-state index contributed by atoms with van der Waals surface area (Å²) in [5.41, 5.74) is 3.39. The third kappa shape index (κ3) is 3.42. The average Bonchev–Trinajstić information content (AvgIpc) is 2.50. The molecule has 21 heavy (non-hydrogen) atoms. The number of benzene rings is 2. The number of ether oxygens (including phenoxy) is 1. The zero-order valence-electron chi connectivity index (χ0n) is 12.6. The molecule has 1 atom stereocenters. The van der Waals surface area contributed by atoms with Gasteiger partial charge in [-0.2, -0.15) is 5.26 Å². The predicted molar refractivity (Wildman–Crippen MR) is 82.4 cm³/mol. The van der Waals surface area contributed by atoms with Crippen molar-refractivity contribution in [2.45, 2.75) is 33.3 Å². The van der Waals surface area contributed by atoms with E-state index < -0.39 is 6.10 Å². The Bertz CT molecular complexity index is 646. The Morgan fingerprint density at radius 1 is 1.14 bits per heavy atom. The van der Waals surface area contributed by atoms with E-state index in [0.29, 0.717) is 12.0 Å². The van der Waals surface area contributed by atoms with Crippen molar-refractivity contribution in [3.05, 3.63) is 58.7 Å². The van der Waals surface area contributed by atoms with Crippen LogP contribution in [-0.4, -0.2) is 5.11 Å². The van der Waals surface area contributed by atoms with E-state index in [1.807, 2.05) is 57.2 Å². The Kier molecular flexibility index (Phi) is 4.62. The number of aliphatic hydroxyl groups is 1. The molecule has 0 heterocycles. The van der Waals surface area contributed by atoms with Crippen LogP contribution in [0.4, 0.5) is 0 Å². The van der Waals surface area contributed by atoms with Gasteiger partial charge in [0.1, 0.15) is 11.5 Å². The summed E-state index contributed by atoms with van der Waals surface area (Å²) >= 11 is 0. The number of hydrogen-bond acceptors (Lipinski definition) is 3. The second-order valence-electron chi connectivity index (χ2n) is 5.15. The Hall–Kier alpha value is -2.31. The second kappa shape index (κ2) is 6.43. The van der Waals surface area contributed by atoms with Crippen LogP contribution in [-0.2, 0) is 0 Å². The molecule has 1 unspecified atom stereocenters. The maximum atomic E-state index is 9.78. The maximum Gasteiger partial charge on any atom is 0.133 e. The number of rotatable bonds is 4. The lowest BCUT2D eigenvalue weighted by atomic mass is 10.1. The molecular formula is C18H19NO2. The fourth-order valence-corrected chi connectivity index (χ4v) is 2.29. The zero-order valence-corrected chi connectivity index (χ0v) is 12.6. The van der Waals surface area contributed by atoms with E-state index in [-0.39, 0.29) is 0 Å². The van der Waals surface area contributed by atoms with Crippen molar-refractivity contribution in [3.8, 4) is 17.6 Å². The van der Waals surface area contributed by atoms with Gasteiger partial charge in [0, 0.05) is 0 Å². The molecule has 0 aliphatic carbocycles. The van der Waals surface area contributed by atoms with Gasteiger partial charge in [0.25, 0.3) is 0 Å². The van der Waals surface area contributed by atoms with Crippen molar-refractivity contribution in [1.82, 2.24) is 0 Å². The normalized spacial score (nSPS) is 11.8. The van der Waals surface area contributed by atoms with Crippen LogP contribution in [0.5, 0.6) is 11.5 Å². The Morgan fingerprint density at radius 3 is 2.19 bits per heavy atom. The zero-order chi connectivity index (χ0) is 15.4. The maximum absolute atomic E-state index is 9.78. The van der Waals surface area contributed by atoms with Gasteiger partial charge >= 0.3 is 0 Å². The first-order valence-corrected chi connectivity index (χ1v) is 7.02. The van der Waals surface area contributed by atoms with Crippen LogP contribution in [0.2, 0.25) is 0 Å². The molecule has 0 aromatic heterocycles. The summed E-state index contributed by atoms with van der Waals surface area (Å²) in [7, 11) is 0. The highest BCUT2D eigenvalue weighted by atomic mass is 16.5. The number of nitrogens with zero attached hydrogens (tertiary/aromatic N) is 1. The van der Waals surface area contributed by atoms with E-state index in [9.17, 15) is 5.11 Å². The van der Waals surface area contributed by atoms with E-state index in [1.165, 1.54) is 0 Å². The van der Waals surface area contributed by atoms with Crippen LogP contribution in [0.1, 0.15) is 41.7 Å². The highest BCUT2D eigenvalue weighted by Gasteiger charge is 2.09. The minimum atomic E-state index is -0.433. The molecule has 0 aliphatic heterocycles. The van der Waals surface area contributed by atoms with Gasteiger partial charge < -0.3 is 9.84 Å². The van der Waals surface area contributed by atoms with Gasteiger partial charge in [-0.1, -0.05) is 19.1 Å². The summed E-state index contributed by atoms with van der Waals surface area (Å²) in [6.07, 6.45) is 0.256. The molecule has 0 amide bonds. The fraction of sp³-hybridized carbons (Fsp3) is 0.278. The van der Waals surface area contributed by atoms with Crippen molar-refractivity contribution < 1.29 is 9.84 Å². The molecular weight excluding hydrogens is 262 g/mol. The molecule has 108 valence electrons. The SMILES string of the molecule is CCC(O)c1ccc(Oc2c(C)cc(C#N)cc2C)cc1. The summed E-state index contributed by atoms with van der Waals surface area (Å²) in [4.78, 5) is 0. The molecule has 2 rings (SSSR count). The molecule has 0 fully saturated rings. The van der Waals surface area contributed by atoms with E-state index in [2.05, 4.69) is 6.07 Å². The van der Waals surface area contributed by atoms with E-state index in [0.717, 1.165) is 28.2 Å². The van der Waals surface area contributed by atoms with Crippen molar-refractivity contribution in [2.75, 3.05) is 0 Å². The molecule has 0 radical (unpaired) electrons. The standard InChI is InChI=1S/C18H19NO2/c1-4-17(20)15-5-7-16(8-6-15)21-18-12(2)9-14(11-19)10-13(18)3/h5-10,17,20H,4H2,1-3H3. The predicted octanol–water partition coefficient (Wildman–Crippen LogP) is 4.41. The third-order valence-electron chi connectivity index (χ3n) is 3.46. The number of aryl methyl sites for hydroxylation is 2. The van der Waals surface area contributed by atoms with Gasteiger partial charge in [-0.3, -0.25) is 0 Å². The second-order valence-corrected chi connectivity index (χ2v) is 5.15. The van der Waals surface area contributed by atoms with E-state index in [4.69, 9.17) is 10.00 Å². The van der Waals surface area contributed by atoms with Crippen LogP contribution in [0.15, 0.2) is 36.4 Å². The van der Waals surface area contributed by atoms with E-state index in [1.54, 1.807) is 0 Å². The summed E-state index contributed by atoms with van der Waals surface area (Å²) in [6.45, 7) is 5.80. The molecule has 0 bridgehead atoms. The molecule has 3 heteroatoms. The van der Waals surface area contributed by atoms with Crippen molar-refractivity contribution in [1.29, 1.82) is 5.26 Å². The third-order valence-corrected chi connectivity index (χ3v) is 3.46. The monoisotopic (exact) mass is 281 g/mol. The van der Waals surface area contributed by atoms with Gasteiger partial charge in [0.2, 0.25) is 0 Å². The van der Waals surface area contributed by atoms with Crippen LogP contribution in [0.3, 0.4) is 0 Å². The highest BCUT2D eigenvalue weighted by molar-refractivity contribution is 5.49. The number of hydrogen-bond donors (Lipinski definition) is 1.